The lowest BCUT2D eigenvalue weighted by Crippen LogP contribution is -2.49. The Morgan fingerprint density at radius 1 is 1.38 bits per heavy atom. The maximum Gasteiger partial charge on any atom is 0.209 e. The van der Waals surface area contributed by atoms with Gasteiger partial charge in [-0.15, -0.1) is 0 Å². The molecular formula is C13H25ClN4O2S. The molecule has 0 spiro atoms. The van der Waals surface area contributed by atoms with Crippen molar-refractivity contribution in [1.82, 2.24) is 20.0 Å². The molecule has 0 aliphatic carbocycles. The van der Waals surface area contributed by atoms with Gasteiger partial charge in [0.1, 0.15) is 5.82 Å². The Bertz CT molecular complexity index is 555. The van der Waals surface area contributed by atoms with Gasteiger partial charge in [-0.3, -0.25) is 0 Å². The molecule has 3 N–H and O–H groups in total. The second kappa shape index (κ2) is 7.58. The van der Waals surface area contributed by atoms with Gasteiger partial charge in [0.2, 0.25) is 10.0 Å². The lowest BCUT2D eigenvalue weighted by molar-refractivity contribution is 0.420. The molecule has 0 unspecified atom stereocenters. The predicted molar refractivity (Wildman–Crippen MR) is 86.0 cm³/mol. The van der Waals surface area contributed by atoms with Crippen LogP contribution in [0.4, 0.5) is 0 Å². The number of aromatic nitrogens is 2. The Morgan fingerprint density at radius 3 is 2.62 bits per heavy atom. The van der Waals surface area contributed by atoms with Crippen LogP contribution in [0.2, 0.25) is 5.15 Å². The second-order valence-corrected chi connectivity index (χ2v) is 8.02. The minimum Gasteiger partial charge on any atom is -0.344 e. The molecule has 0 saturated heterocycles. The lowest BCUT2D eigenvalue weighted by Gasteiger charge is -2.25. The van der Waals surface area contributed by atoms with Gasteiger partial charge in [0.05, 0.1) is 11.9 Å². The van der Waals surface area contributed by atoms with Gasteiger partial charge in [-0.2, -0.15) is 0 Å². The summed E-state index contributed by atoms with van der Waals surface area (Å²) in [7, 11) is -3.23. The van der Waals surface area contributed by atoms with E-state index in [1.165, 1.54) is 0 Å². The fourth-order valence-electron chi connectivity index (χ4n) is 2.06. The minimum absolute atomic E-state index is 0.475. The van der Waals surface area contributed by atoms with Gasteiger partial charge in [0, 0.05) is 25.0 Å². The van der Waals surface area contributed by atoms with Crippen LogP contribution in [0.3, 0.4) is 0 Å². The van der Waals surface area contributed by atoms with Crippen molar-refractivity contribution in [2.45, 2.75) is 52.1 Å². The number of hydrogen-bond acceptors (Lipinski definition) is 4. The highest BCUT2D eigenvalue weighted by molar-refractivity contribution is 7.88. The fraction of sp³-hybridized carbons (Fsp3) is 0.769. The summed E-state index contributed by atoms with van der Waals surface area (Å²) in [5.74, 6) is 0.896. The largest absolute Gasteiger partial charge is 0.344 e. The maximum atomic E-state index is 11.3. The molecular weight excluding hydrogens is 312 g/mol. The summed E-state index contributed by atoms with van der Waals surface area (Å²) in [5, 5.41) is 3.67. The number of sulfonamides is 1. The van der Waals surface area contributed by atoms with Gasteiger partial charge < -0.3 is 10.3 Å². The zero-order chi connectivity index (χ0) is 16.1. The summed E-state index contributed by atoms with van der Waals surface area (Å²) in [6.45, 7) is 6.78. The van der Waals surface area contributed by atoms with Crippen LogP contribution >= 0.6 is 11.6 Å². The number of nitrogens with zero attached hydrogens (tertiary/aromatic N) is 1. The first-order valence-corrected chi connectivity index (χ1v) is 9.33. The fourth-order valence-corrected chi connectivity index (χ4v) is 3.35. The van der Waals surface area contributed by atoms with E-state index < -0.39 is 15.6 Å². The van der Waals surface area contributed by atoms with E-state index in [0.29, 0.717) is 18.2 Å². The Kier molecular flexibility index (Phi) is 6.65. The number of imidazole rings is 1. The Balaban J connectivity index is 2.50. The number of unbranched alkanes of at least 4 members (excludes halogenated alkanes) is 1. The van der Waals surface area contributed by atoms with Crippen LogP contribution in [0.5, 0.6) is 0 Å². The van der Waals surface area contributed by atoms with Crippen LogP contribution in [0.25, 0.3) is 0 Å². The smallest absolute Gasteiger partial charge is 0.209 e. The van der Waals surface area contributed by atoms with E-state index in [0.717, 1.165) is 37.0 Å². The SMILES string of the molecule is CCCCc1nc(Cl)c(CNCC(C)(C)NS(C)(=O)=O)[nH]1. The zero-order valence-corrected chi connectivity index (χ0v) is 14.7. The summed E-state index contributed by atoms with van der Waals surface area (Å²) in [6.07, 6.45) is 4.22. The molecule has 1 rings (SSSR count). The quantitative estimate of drug-likeness (QED) is 0.642. The molecule has 1 aromatic heterocycles. The van der Waals surface area contributed by atoms with E-state index in [1.807, 2.05) is 13.8 Å². The van der Waals surface area contributed by atoms with Crippen molar-refractivity contribution in [3.05, 3.63) is 16.7 Å². The molecule has 8 heteroatoms. The molecule has 0 aromatic carbocycles. The first-order valence-electron chi connectivity index (χ1n) is 7.06. The number of aryl methyl sites for hydroxylation is 1. The van der Waals surface area contributed by atoms with Crippen LogP contribution in [0.15, 0.2) is 0 Å². The molecule has 0 bridgehead atoms. The number of halogens is 1. The first kappa shape index (κ1) is 18.4. The summed E-state index contributed by atoms with van der Waals surface area (Å²) in [6, 6.07) is 0. The van der Waals surface area contributed by atoms with E-state index in [9.17, 15) is 8.42 Å². The molecule has 0 radical (unpaired) electrons. The topological polar surface area (TPSA) is 86.9 Å². The highest BCUT2D eigenvalue weighted by atomic mass is 35.5. The van der Waals surface area contributed by atoms with E-state index in [2.05, 4.69) is 26.9 Å². The highest BCUT2D eigenvalue weighted by Crippen LogP contribution is 2.14. The molecule has 6 nitrogen and oxygen atoms in total. The summed E-state index contributed by atoms with van der Waals surface area (Å²) in [4.78, 5) is 7.49. The van der Waals surface area contributed by atoms with E-state index in [4.69, 9.17) is 11.6 Å². The number of aromatic amines is 1. The standard InChI is InChI=1S/C13H25ClN4O2S/c1-5-6-7-11-16-10(12(14)17-11)8-15-9-13(2,3)18-21(4,19)20/h15,18H,5-9H2,1-4H3,(H,16,17). The van der Waals surface area contributed by atoms with Crippen LogP contribution < -0.4 is 10.0 Å². The third-order valence-electron chi connectivity index (χ3n) is 2.87. The van der Waals surface area contributed by atoms with Gasteiger partial charge in [0.25, 0.3) is 0 Å². The van der Waals surface area contributed by atoms with Crippen LogP contribution in [-0.4, -0.2) is 36.7 Å². The molecule has 21 heavy (non-hydrogen) atoms. The van der Waals surface area contributed by atoms with Crippen molar-refractivity contribution in [2.75, 3.05) is 12.8 Å². The van der Waals surface area contributed by atoms with Crippen LogP contribution in [-0.2, 0) is 23.0 Å². The van der Waals surface area contributed by atoms with Crippen molar-refractivity contribution in [3.8, 4) is 0 Å². The molecule has 1 aromatic rings. The zero-order valence-electron chi connectivity index (χ0n) is 13.1. The highest BCUT2D eigenvalue weighted by Gasteiger charge is 2.21. The molecule has 122 valence electrons. The van der Waals surface area contributed by atoms with Crippen LogP contribution in [0.1, 0.15) is 45.1 Å². The second-order valence-electron chi connectivity index (χ2n) is 5.92. The van der Waals surface area contributed by atoms with Crippen LogP contribution in [0, 0.1) is 0 Å². The average Bonchev–Trinajstić information content (AvgIpc) is 2.64. The molecule has 0 fully saturated rings. The van der Waals surface area contributed by atoms with Crippen molar-refractivity contribution in [1.29, 1.82) is 0 Å². The summed E-state index contributed by atoms with van der Waals surface area (Å²) in [5.41, 5.74) is 0.267. The van der Waals surface area contributed by atoms with Gasteiger partial charge in [-0.1, -0.05) is 24.9 Å². The van der Waals surface area contributed by atoms with Gasteiger partial charge in [-0.05, 0) is 20.3 Å². The first-order chi connectivity index (χ1) is 9.63. The van der Waals surface area contributed by atoms with E-state index >= 15 is 0 Å². The number of rotatable bonds is 9. The van der Waals surface area contributed by atoms with Gasteiger partial charge >= 0.3 is 0 Å². The molecule has 0 aliphatic rings. The normalized spacial score (nSPS) is 12.8. The lowest BCUT2D eigenvalue weighted by atomic mass is 10.1. The minimum atomic E-state index is -3.23. The van der Waals surface area contributed by atoms with Crippen molar-refractivity contribution < 1.29 is 8.42 Å². The average molecular weight is 337 g/mol. The Morgan fingerprint density at radius 2 is 2.05 bits per heavy atom. The third kappa shape index (κ3) is 7.26. The summed E-state index contributed by atoms with van der Waals surface area (Å²) >= 11 is 6.09. The number of hydrogen-bond donors (Lipinski definition) is 3. The molecule has 0 saturated carbocycles. The Hall–Kier alpha value is -0.630. The molecule has 1 heterocycles. The van der Waals surface area contributed by atoms with Crippen molar-refractivity contribution in [2.24, 2.45) is 0 Å². The number of H-pyrrole nitrogens is 1. The molecule has 0 aliphatic heterocycles. The third-order valence-corrected chi connectivity index (χ3v) is 4.11. The summed E-state index contributed by atoms with van der Waals surface area (Å²) < 4.78 is 25.1. The number of nitrogens with one attached hydrogen (secondary N) is 3. The predicted octanol–water partition coefficient (Wildman–Crippen LogP) is 1.82. The Labute approximate surface area is 132 Å². The van der Waals surface area contributed by atoms with Crippen molar-refractivity contribution in [3.63, 3.8) is 0 Å². The van der Waals surface area contributed by atoms with Gasteiger partial charge in [0.15, 0.2) is 5.15 Å². The van der Waals surface area contributed by atoms with E-state index in [-0.39, 0.29) is 0 Å². The molecule has 0 atom stereocenters. The van der Waals surface area contributed by atoms with Gasteiger partial charge in [-0.25, -0.2) is 18.1 Å². The molecule has 0 amide bonds. The van der Waals surface area contributed by atoms with Crippen molar-refractivity contribution >= 4 is 21.6 Å². The maximum absolute atomic E-state index is 11.3. The van der Waals surface area contributed by atoms with E-state index in [1.54, 1.807) is 0 Å². The monoisotopic (exact) mass is 336 g/mol.